The maximum absolute atomic E-state index is 10.9. The summed E-state index contributed by atoms with van der Waals surface area (Å²) in [6.07, 6.45) is 1.54. The SMILES string of the molecule is Cc1nccc(C(O)C2(CN)CCOc3ccccc32)n1. The summed E-state index contributed by atoms with van der Waals surface area (Å²) in [6.45, 7) is 2.68. The number of aryl methyl sites for hydroxylation is 1. The first kappa shape index (κ1) is 14.0. The summed E-state index contributed by atoms with van der Waals surface area (Å²) in [4.78, 5) is 8.44. The fourth-order valence-electron chi connectivity index (χ4n) is 3.00. The summed E-state index contributed by atoms with van der Waals surface area (Å²) in [5, 5.41) is 10.9. The molecule has 0 spiro atoms. The van der Waals surface area contributed by atoms with Crippen LogP contribution in [0.4, 0.5) is 0 Å². The number of fused-ring (bicyclic) bond motifs is 1. The van der Waals surface area contributed by atoms with Gasteiger partial charge >= 0.3 is 0 Å². The van der Waals surface area contributed by atoms with Crippen molar-refractivity contribution in [2.45, 2.75) is 24.9 Å². The van der Waals surface area contributed by atoms with Gasteiger partial charge in [0.15, 0.2) is 0 Å². The molecule has 0 fully saturated rings. The van der Waals surface area contributed by atoms with E-state index in [0.717, 1.165) is 11.3 Å². The van der Waals surface area contributed by atoms with Crippen molar-refractivity contribution in [1.82, 2.24) is 9.97 Å². The van der Waals surface area contributed by atoms with Gasteiger partial charge in [0, 0.05) is 23.7 Å². The van der Waals surface area contributed by atoms with Crippen LogP contribution in [0.1, 0.15) is 29.6 Å². The highest BCUT2D eigenvalue weighted by Crippen LogP contribution is 2.45. The van der Waals surface area contributed by atoms with Gasteiger partial charge in [0.05, 0.1) is 12.3 Å². The first-order valence-electron chi connectivity index (χ1n) is 7.07. The molecule has 1 aromatic heterocycles. The molecule has 5 heteroatoms. The normalized spacial score (nSPS) is 22.2. The quantitative estimate of drug-likeness (QED) is 0.893. The lowest BCUT2D eigenvalue weighted by Crippen LogP contribution is -2.45. The van der Waals surface area contributed by atoms with Gasteiger partial charge in [0.1, 0.15) is 17.7 Å². The van der Waals surface area contributed by atoms with Crippen molar-refractivity contribution in [2.24, 2.45) is 5.73 Å². The minimum absolute atomic E-state index is 0.331. The van der Waals surface area contributed by atoms with Gasteiger partial charge in [-0.05, 0) is 25.5 Å². The largest absolute Gasteiger partial charge is 0.493 e. The third-order valence-corrected chi connectivity index (χ3v) is 4.19. The highest BCUT2D eigenvalue weighted by atomic mass is 16.5. The molecule has 2 unspecified atom stereocenters. The average Bonchev–Trinajstić information content (AvgIpc) is 2.53. The number of aliphatic hydroxyl groups excluding tert-OH is 1. The zero-order chi connectivity index (χ0) is 14.9. The topological polar surface area (TPSA) is 81.3 Å². The van der Waals surface area contributed by atoms with Crippen molar-refractivity contribution < 1.29 is 9.84 Å². The van der Waals surface area contributed by atoms with E-state index >= 15 is 0 Å². The maximum Gasteiger partial charge on any atom is 0.125 e. The van der Waals surface area contributed by atoms with E-state index in [1.807, 2.05) is 31.2 Å². The van der Waals surface area contributed by atoms with E-state index < -0.39 is 11.5 Å². The second-order valence-corrected chi connectivity index (χ2v) is 5.39. The summed E-state index contributed by atoms with van der Waals surface area (Å²) in [7, 11) is 0. The van der Waals surface area contributed by atoms with Gasteiger partial charge in [-0.1, -0.05) is 18.2 Å². The summed E-state index contributed by atoms with van der Waals surface area (Å²) in [5.41, 5.74) is 7.04. The van der Waals surface area contributed by atoms with Crippen LogP contribution < -0.4 is 10.5 Å². The molecule has 1 aliphatic heterocycles. The first-order chi connectivity index (χ1) is 10.2. The Morgan fingerprint density at radius 1 is 1.38 bits per heavy atom. The van der Waals surface area contributed by atoms with E-state index in [0.29, 0.717) is 31.1 Å². The van der Waals surface area contributed by atoms with Crippen LogP contribution in [-0.2, 0) is 5.41 Å². The van der Waals surface area contributed by atoms with Gasteiger partial charge in [-0.3, -0.25) is 0 Å². The lowest BCUT2D eigenvalue weighted by atomic mass is 9.70. The lowest BCUT2D eigenvalue weighted by Gasteiger charge is -2.41. The van der Waals surface area contributed by atoms with Crippen LogP contribution in [0.25, 0.3) is 0 Å². The highest BCUT2D eigenvalue weighted by molar-refractivity contribution is 5.43. The smallest absolute Gasteiger partial charge is 0.125 e. The van der Waals surface area contributed by atoms with Gasteiger partial charge in [0.2, 0.25) is 0 Å². The molecule has 0 bridgehead atoms. The number of aromatic nitrogens is 2. The maximum atomic E-state index is 10.9. The van der Waals surface area contributed by atoms with Crippen LogP contribution in [0, 0.1) is 6.92 Å². The molecule has 5 nitrogen and oxygen atoms in total. The predicted molar refractivity (Wildman–Crippen MR) is 79.0 cm³/mol. The molecule has 0 amide bonds. The summed E-state index contributed by atoms with van der Waals surface area (Å²) in [6, 6.07) is 9.49. The summed E-state index contributed by atoms with van der Waals surface area (Å²) < 4.78 is 5.69. The molecular formula is C16H19N3O2. The summed E-state index contributed by atoms with van der Waals surface area (Å²) in [5.74, 6) is 1.43. The van der Waals surface area contributed by atoms with Crippen molar-refractivity contribution in [3.05, 3.63) is 53.6 Å². The fourth-order valence-corrected chi connectivity index (χ4v) is 3.00. The Kier molecular flexibility index (Phi) is 3.61. The summed E-state index contributed by atoms with van der Waals surface area (Å²) >= 11 is 0. The van der Waals surface area contributed by atoms with Crippen LogP contribution in [0.5, 0.6) is 5.75 Å². The number of benzene rings is 1. The molecule has 0 saturated carbocycles. The van der Waals surface area contributed by atoms with E-state index in [1.165, 1.54) is 0 Å². The van der Waals surface area contributed by atoms with Crippen molar-refractivity contribution in [3.63, 3.8) is 0 Å². The van der Waals surface area contributed by atoms with Crippen molar-refractivity contribution in [2.75, 3.05) is 13.2 Å². The second kappa shape index (κ2) is 5.42. The number of nitrogens with zero attached hydrogens (tertiary/aromatic N) is 2. The molecule has 3 rings (SSSR count). The number of nitrogens with two attached hydrogens (primary N) is 1. The third-order valence-electron chi connectivity index (χ3n) is 4.19. The van der Waals surface area contributed by atoms with Gasteiger partial charge in [0.25, 0.3) is 0 Å². The second-order valence-electron chi connectivity index (χ2n) is 5.39. The molecule has 0 saturated heterocycles. The molecule has 1 aliphatic rings. The Bertz CT molecular complexity index is 647. The zero-order valence-corrected chi connectivity index (χ0v) is 12.0. The lowest BCUT2D eigenvalue weighted by molar-refractivity contribution is 0.0502. The molecular weight excluding hydrogens is 266 g/mol. The van der Waals surface area contributed by atoms with Gasteiger partial charge in [-0.15, -0.1) is 0 Å². The van der Waals surface area contributed by atoms with E-state index in [2.05, 4.69) is 9.97 Å². The number of rotatable bonds is 3. The zero-order valence-electron chi connectivity index (χ0n) is 12.0. The van der Waals surface area contributed by atoms with Crippen LogP contribution in [0.3, 0.4) is 0 Å². The third kappa shape index (κ3) is 2.28. The molecule has 0 aliphatic carbocycles. The molecule has 2 aromatic rings. The number of hydrogen-bond acceptors (Lipinski definition) is 5. The Morgan fingerprint density at radius 3 is 2.95 bits per heavy atom. The van der Waals surface area contributed by atoms with Crippen molar-refractivity contribution >= 4 is 0 Å². The van der Waals surface area contributed by atoms with E-state index in [9.17, 15) is 5.11 Å². The van der Waals surface area contributed by atoms with Gasteiger partial charge in [-0.2, -0.15) is 0 Å². The Labute approximate surface area is 123 Å². The number of aliphatic hydroxyl groups is 1. The Balaban J connectivity index is 2.09. The number of hydrogen-bond donors (Lipinski definition) is 2. The van der Waals surface area contributed by atoms with Crippen LogP contribution in [0.2, 0.25) is 0 Å². The number of para-hydroxylation sites is 1. The van der Waals surface area contributed by atoms with Crippen LogP contribution in [0.15, 0.2) is 36.5 Å². The molecule has 0 radical (unpaired) electrons. The number of ether oxygens (including phenoxy) is 1. The van der Waals surface area contributed by atoms with Gasteiger partial charge in [-0.25, -0.2) is 9.97 Å². The average molecular weight is 285 g/mol. The van der Waals surface area contributed by atoms with Crippen LogP contribution in [-0.4, -0.2) is 28.2 Å². The monoisotopic (exact) mass is 285 g/mol. The van der Waals surface area contributed by atoms with E-state index in [1.54, 1.807) is 12.3 Å². The first-order valence-corrected chi connectivity index (χ1v) is 7.07. The minimum Gasteiger partial charge on any atom is -0.493 e. The highest BCUT2D eigenvalue weighted by Gasteiger charge is 2.44. The Hall–Kier alpha value is -1.98. The van der Waals surface area contributed by atoms with E-state index in [4.69, 9.17) is 10.5 Å². The molecule has 2 atom stereocenters. The molecule has 110 valence electrons. The minimum atomic E-state index is -0.783. The molecule has 3 N–H and O–H groups in total. The van der Waals surface area contributed by atoms with Crippen molar-refractivity contribution in [3.8, 4) is 5.75 Å². The molecule has 2 heterocycles. The fraction of sp³-hybridized carbons (Fsp3) is 0.375. The standard InChI is InChI=1S/C16H19N3O2/c1-11-18-8-6-13(19-11)15(20)16(10-17)7-9-21-14-5-3-2-4-12(14)16/h2-6,8,15,20H,7,9-10,17H2,1H3. The predicted octanol–water partition coefficient (Wildman–Crippen LogP) is 1.50. The van der Waals surface area contributed by atoms with Crippen molar-refractivity contribution in [1.29, 1.82) is 0 Å². The van der Waals surface area contributed by atoms with Crippen LogP contribution >= 0.6 is 0 Å². The molecule has 21 heavy (non-hydrogen) atoms. The Morgan fingerprint density at radius 2 is 2.19 bits per heavy atom. The van der Waals surface area contributed by atoms with Gasteiger partial charge < -0.3 is 15.6 Å². The molecule has 1 aromatic carbocycles. The van der Waals surface area contributed by atoms with E-state index in [-0.39, 0.29) is 0 Å².